The Kier molecular flexibility index (Phi) is 4.84. The van der Waals surface area contributed by atoms with Gasteiger partial charge in [-0.2, -0.15) is 0 Å². The minimum atomic E-state index is -0.518. The number of rotatable bonds is 2. The van der Waals surface area contributed by atoms with Gasteiger partial charge >= 0.3 is 6.09 Å². The number of benzene rings is 1. The fourth-order valence-electron chi connectivity index (χ4n) is 2.94. The summed E-state index contributed by atoms with van der Waals surface area (Å²) in [5.41, 5.74) is 1.70. The number of amides is 2. The molecule has 0 spiro atoms. The van der Waals surface area contributed by atoms with E-state index in [4.69, 9.17) is 4.74 Å². The topological polar surface area (TPSA) is 80.6 Å². The Labute approximate surface area is 152 Å². The highest BCUT2D eigenvalue weighted by Crippen LogP contribution is 2.17. The molecule has 0 N–H and O–H groups in total. The lowest BCUT2D eigenvalue weighted by Crippen LogP contribution is -2.51. The molecule has 0 unspecified atom stereocenters. The number of ether oxygens (including phenoxy) is 1. The van der Waals surface area contributed by atoms with Crippen LogP contribution < -0.4 is 0 Å². The van der Waals surface area contributed by atoms with Gasteiger partial charge in [-0.3, -0.25) is 4.79 Å². The van der Waals surface area contributed by atoms with E-state index in [0.29, 0.717) is 37.3 Å². The fraction of sp³-hybridized carbons (Fsp3) is 0.556. The van der Waals surface area contributed by atoms with Gasteiger partial charge in [0.15, 0.2) is 0 Å². The molecule has 2 aromatic rings. The summed E-state index contributed by atoms with van der Waals surface area (Å²) in [5.74, 6) is -0.0539. The standard InChI is InChI=1S/C18H25N5O3/c1-5-23-15-7-6-13(12-14(15)19-20-23)16(24)21-8-10-22(11-9-21)17(25)26-18(2,3)4/h6-7,12H,5,8-11H2,1-4H3. The van der Waals surface area contributed by atoms with Gasteiger partial charge in [0.25, 0.3) is 5.91 Å². The van der Waals surface area contributed by atoms with Crippen molar-refractivity contribution in [3.8, 4) is 0 Å². The molecule has 2 heterocycles. The first-order valence-corrected chi connectivity index (χ1v) is 8.89. The normalized spacial score (nSPS) is 15.4. The molecule has 3 rings (SSSR count). The highest BCUT2D eigenvalue weighted by atomic mass is 16.6. The smallest absolute Gasteiger partial charge is 0.410 e. The number of hydrogen-bond acceptors (Lipinski definition) is 5. The first kappa shape index (κ1) is 18.2. The van der Waals surface area contributed by atoms with Crippen molar-refractivity contribution >= 4 is 23.0 Å². The van der Waals surface area contributed by atoms with Crippen LogP contribution in [0, 0.1) is 0 Å². The Bertz CT molecular complexity index is 816. The monoisotopic (exact) mass is 359 g/mol. The molecule has 1 aliphatic rings. The van der Waals surface area contributed by atoms with Crippen LogP contribution in [0.4, 0.5) is 4.79 Å². The fourth-order valence-corrected chi connectivity index (χ4v) is 2.94. The van der Waals surface area contributed by atoms with E-state index >= 15 is 0 Å². The number of fused-ring (bicyclic) bond motifs is 1. The van der Waals surface area contributed by atoms with E-state index in [0.717, 1.165) is 12.1 Å². The van der Waals surface area contributed by atoms with Crippen LogP contribution in [0.15, 0.2) is 18.2 Å². The number of hydrogen-bond donors (Lipinski definition) is 0. The molecule has 0 aliphatic carbocycles. The summed E-state index contributed by atoms with van der Waals surface area (Å²) in [6.07, 6.45) is -0.331. The van der Waals surface area contributed by atoms with E-state index in [1.807, 2.05) is 33.8 Å². The van der Waals surface area contributed by atoms with Crippen molar-refractivity contribution in [1.29, 1.82) is 0 Å². The van der Waals surface area contributed by atoms with Gasteiger partial charge in [0.1, 0.15) is 11.1 Å². The molecule has 2 amide bonds. The molecule has 1 aliphatic heterocycles. The summed E-state index contributed by atoms with van der Waals surface area (Å²) in [5, 5.41) is 8.19. The number of carbonyl (C=O) groups excluding carboxylic acids is 2. The molecule has 1 aromatic heterocycles. The van der Waals surface area contributed by atoms with Gasteiger partial charge in [-0.25, -0.2) is 9.48 Å². The van der Waals surface area contributed by atoms with Crippen LogP contribution >= 0.6 is 0 Å². The van der Waals surface area contributed by atoms with Crippen LogP contribution in [0.5, 0.6) is 0 Å². The average Bonchev–Trinajstić information content (AvgIpc) is 3.02. The molecule has 140 valence electrons. The van der Waals surface area contributed by atoms with E-state index in [2.05, 4.69) is 10.3 Å². The van der Waals surface area contributed by atoms with Crippen molar-refractivity contribution in [3.63, 3.8) is 0 Å². The second kappa shape index (κ2) is 6.93. The lowest BCUT2D eigenvalue weighted by atomic mass is 10.1. The first-order valence-electron chi connectivity index (χ1n) is 8.89. The van der Waals surface area contributed by atoms with Gasteiger partial charge in [0.2, 0.25) is 0 Å². The van der Waals surface area contributed by atoms with Crippen LogP contribution in [-0.4, -0.2) is 68.6 Å². The zero-order valence-corrected chi connectivity index (χ0v) is 15.7. The molecule has 0 atom stereocenters. The van der Waals surface area contributed by atoms with Crippen molar-refractivity contribution in [2.24, 2.45) is 0 Å². The van der Waals surface area contributed by atoms with Crippen LogP contribution in [-0.2, 0) is 11.3 Å². The molecule has 1 aromatic carbocycles. The summed E-state index contributed by atoms with van der Waals surface area (Å²) in [6.45, 7) is 10.2. The number of piperazine rings is 1. The Morgan fingerprint density at radius 2 is 1.77 bits per heavy atom. The Balaban J connectivity index is 1.64. The van der Waals surface area contributed by atoms with Gasteiger partial charge in [0.05, 0.1) is 5.52 Å². The second-order valence-electron chi connectivity index (χ2n) is 7.37. The maximum Gasteiger partial charge on any atom is 0.410 e. The first-order chi connectivity index (χ1) is 12.3. The maximum absolute atomic E-state index is 12.8. The summed E-state index contributed by atoms with van der Waals surface area (Å²) in [7, 11) is 0. The highest BCUT2D eigenvalue weighted by molar-refractivity contribution is 5.97. The van der Waals surface area contributed by atoms with Crippen molar-refractivity contribution < 1.29 is 14.3 Å². The minimum absolute atomic E-state index is 0.0539. The van der Waals surface area contributed by atoms with Gasteiger partial charge in [0, 0.05) is 38.3 Å². The summed E-state index contributed by atoms with van der Waals surface area (Å²) < 4.78 is 7.18. The Hall–Kier alpha value is -2.64. The Morgan fingerprint density at radius 1 is 1.12 bits per heavy atom. The Morgan fingerprint density at radius 3 is 2.38 bits per heavy atom. The lowest BCUT2D eigenvalue weighted by molar-refractivity contribution is 0.0141. The molecule has 0 radical (unpaired) electrons. The maximum atomic E-state index is 12.8. The van der Waals surface area contributed by atoms with Crippen molar-refractivity contribution in [1.82, 2.24) is 24.8 Å². The van der Waals surface area contributed by atoms with E-state index in [1.54, 1.807) is 26.6 Å². The van der Waals surface area contributed by atoms with Crippen molar-refractivity contribution in [2.75, 3.05) is 26.2 Å². The molecule has 8 heteroatoms. The predicted octanol–water partition coefficient (Wildman–Crippen LogP) is 2.14. The average molecular weight is 359 g/mol. The molecular formula is C18H25N5O3. The van der Waals surface area contributed by atoms with Crippen LogP contribution in [0.25, 0.3) is 11.0 Å². The number of aromatic nitrogens is 3. The zero-order valence-electron chi connectivity index (χ0n) is 15.7. The number of carbonyl (C=O) groups is 2. The molecule has 8 nitrogen and oxygen atoms in total. The minimum Gasteiger partial charge on any atom is -0.444 e. The number of nitrogens with zero attached hydrogens (tertiary/aromatic N) is 5. The highest BCUT2D eigenvalue weighted by Gasteiger charge is 2.28. The van der Waals surface area contributed by atoms with E-state index in [9.17, 15) is 9.59 Å². The molecule has 0 saturated carbocycles. The quantitative estimate of drug-likeness (QED) is 0.821. The van der Waals surface area contributed by atoms with Crippen molar-refractivity contribution in [2.45, 2.75) is 39.8 Å². The SMILES string of the molecule is CCn1nnc2cc(C(=O)N3CCN(C(=O)OC(C)(C)C)CC3)ccc21. The van der Waals surface area contributed by atoms with Gasteiger partial charge in [-0.05, 0) is 45.9 Å². The summed E-state index contributed by atoms with van der Waals surface area (Å²) in [4.78, 5) is 28.3. The zero-order chi connectivity index (χ0) is 18.9. The van der Waals surface area contributed by atoms with Gasteiger partial charge in [-0.1, -0.05) is 5.21 Å². The van der Waals surface area contributed by atoms with Gasteiger partial charge in [-0.15, -0.1) is 5.10 Å². The predicted molar refractivity (Wildman–Crippen MR) is 96.9 cm³/mol. The molecule has 26 heavy (non-hydrogen) atoms. The number of aryl methyl sites for hydroxylation is 1. The molecule has 1 fully saturated rings. The van der Waals surface area contributed by atoms with E-state index in [1.165, 1.54) is 0 Å². The lowest BCUT2D eigenvalue weighted by Gasteiger charge is -2.35. The van der Waals surface area contributed by atoms with E-state index < -0.39 is 5.60 Å². The third-order valence-electron chi connectivity index (χ3n) is 4.28. The molecule has 0 bridgehead atoms. The van der Waals surface area contributed by atoms with E-state index in [-0.39, 0.29) is 12.0 Å². The van der Waals surface area contributed by atoms with Gasteiger partial charge < -0.3 is 14.5 Å². The second-order valence-corrected chi connectivity index (χ2v) is 7.37. The molecule has 1 saturated heterocycles. The molecular weight excluding hydrogens is 334 g/mol. The largest absolute Gasteiger partial charge is 0.444 e. The third kappa shape index (κ3) is 3.79. The van der Waals surface area contributed by atoms with Crippen LogP contribution in [0.1, 0.15) is 38.1 Å². The summed E-state index contributed by atoms with van der Waals surface area (Å²) in [6, 6.07) is 5.46. The third-order valence-corrected chi connectivity index (χ3v) is 4.28. The van der Waals surface area contributed by atoms with Crippen molar-refractivity contribution in [3.05, 3.63) is 23.8 Å². The summed E-state index contributed by atoms with van der Waals surface area (Å²) >= 11 is 0. The van der Waals surface area contributed by atoms with Crippen LogP contribution in [0.2, 0.25) is 0 Å². The van der Waals surface area contributed by atoms with Crippen LogP contribution in [0.3, 0.4) is 0 Å².